The monoisotopic (exact) mass is 317 g/mol. The molecule has 0 aliphatic carbocycles. The van der Waals surface area contributed by atoms with Crippen LogP contribution in [0.3, 0.4) is 0 Å². The third kappa shape index (κ3) is 2.71. The molecule has 3 rings (SSSR count). The van der Waals surface area contributed by atoms with Crippen molar-refractivity contribution in [2.24, 2.45) is 7.05 Å². The van der Waals surface area contributed by atoms with E-state index in [1.807, 2.05) is 24.3 Å². The van der Waals surface area contributed by atoms with Gasteiger partial charge in [0.1, 0.15) is 5.69 Å². The van der Waals surface area contributed by atoms with Crippen molar-refractivity contribution in [1.29, 1.82) is 0 Å². The molecular weight excluding hydrogens is 302 g/mol. The molecule has 0 fully saturated rings. The lowest BCUT2D eigenvalue weighted by atomic mass is 10.0. The van der Waals surface area contributed by atoms with Gasteiger partial charge in [-0.25, -0.2) is 0 Å². The van der Waals surface area contributed by atoms with Crippen LogP contribution in [0.4, 0.5) is 5.69 Å². The molecular formula is C15H15N3O3S. The van der Waals surface area contributed by atoms with Gasteiger partial charge in [0.25, 0.3) is 11.6 Å². The lowest BCUT2D eigenvalue weighted by molar-refractivity contribution is -0.384. The van der Waals surface area contributed by atoms with Crippen LogP contribution >= 0.6 is 11.8 Å². The predicted octanol–water partition coefficient (Wildman–Crippen LogP) is 2.90. The zero-order valence-corrected chi connectivity index (χ0v) is 12.8. The first-order valence-corrected chi connectivity index (χ1v) is 7.88. The third-order valence-corrected chi connectivity index (χ3v) is 4.82. The molecule has 1 aromatic carbocycles. The Balaban J connectivity index is 1.82. The summed E-state index contributed by atoms with van der Waals surface area (Å²) < 4.78 is 1.48. The van der Waals surface area contributed by atoms with Crippen molar-refractivity contribution in [2.45, 2.75) is 17.4 Å². The van der Waals surface area contributed by atoms with Crippen LogP contribution in [0.15, 0.2) is 41.4 Å². The number of hydrogen-bond donors (Lipinski definition) is 1. The summed E-state index contributed by atoms with van der Waals surface area (Å²) in [6, 6.07) is 9.25. The molecule has 1 N–H and O–H groups in total. The Morgan fingerprint density at radius 1 is 1.45 bits per heavy atom. The highest BCUT2D eigenvalue weighted by atomic mass is 32.2. The average molecular weight is 317 g/mol. The highest BCUT2D eigenvalue weighted by Gasteiger charge is 2.24. The summed E-state index contributed by atoms with van der Waals surface area (Å²) in [5.41, 5.74) is 1.32. The third-order valence-electron chi connectivity index (χ3n) is 3.70. The second-order valence-corrected chi connectivity index (χ2v) is 6.29. The minimum absolute atomic E-state index is 0.0566. The zero-order valence-electron chi connectivity index (χ0n) is 12.0. The number of nitrogens with one attached hydrogen (secondary N) is 1. The van der Waals surface area contributed by atoms with Crippen molar-refractivity contribution in [3.05, 3.63) is 57.9 Å². The molecule has 114 valence electrons. The molecule has 0 bridgehead atoms. The molecule has 22 heavy (non-hydrogen) atoms. The standard InChI is InChI=1S/C15H15N3O3S/c1-17-9-10(18(20)21)8-13(17)15(19)16-12-6-7-22-14-5-3-2-4-11(12)14/h2-5,8-9,12H,6-7H2,1H3,(H,16,19). The number of rotatable bonds is 3. The van der Waals surface area contributed by atoms with Crippen molar-refractivity contribution in [1.82, 2.24) is 9.88 Å². The van der Waals surface area contributed by atoms with Crippen LogP contribution in [0.2, 0.25) is 0 Å². The summed E-state index contributed by atoms with van der Waals surface area (Å²) in [5.74, 6) is 0.650. The number of hydrogen-bond acceptors (Lipinski definition) is 4. The summed E-state index contributed by atoms with van der Waals surface area (Å²) in [6.45, 7) is 0. The normalized spacial score (nSPS) is 16.9. The van der Waals surface area contributed by atoms with Crippen LogP contribution in [0.25, 0.3) is 0 Å². The number of thioether (sulfide) groups is 1. The number of benzene rings is 1. The smallest absolute Gasteiger partial charge is 0.287 e. The van der Waals surface area contributed by atoms with Crippen molar-refractivity contribution in [3.63, 3.8) is 0 Å². The first-order valence-electron chi connectivity index (χ1n) is 6.89. The molecule has 6 nitrogen and oxygen atoms in total. The van der Waals surface area contributed by atoms with Gasteiger partial charge >= 0.3 is 0 Å². The molecule has 0 radical (unpaired) electrons. The molecule has 0 spiro atoms. The van der Waals surface area contributed by atoms with Gasteiger partial charge in [-0.1, -0.05) is 18.2 Å². The van der Waals surface area contributed by atoms with E-state index < -0.39 is 4.92 Å². The van der Waals surface area contributed by atoms with E-state index in [4.69, 9.17) is 0 Å². The Labute approximate surface area is 131 Å². The summed E-state index contributed by atoms with van der Waals surface area (Å²) in [4.78, 5) is 23.9. The molecule has 1 amide bonds. The minimum Gasteiger partial charge on any atom is -0.344 e. The van der Waals surface area contributed by atoms with Gasteiger partial charge in [0.05, 0.1) is 17.2 Å². The van der Waals surface area contributed by atoms with E-state index in [2.05, 4.69) is 5.32 Å². The largest absolute Gasteiger partial charge is 0.344 e. The first-order chi connectivity index (χ1) is 10.6. The van der Waals surface area contributed by atoms with Gasteiger partial charge in [-0.05, 0) is 18.1 Å². The SMILES string of the molecule is Cn1cc([N+](=O)[O-])cc1C(=O)NC1CCSc2ccccc21. The van der Waals surface area contributed by atoms with Crippen molar-refractivity contribution in [2.75, 3.05) is 5.75 Å². The fraction of sp³-hybridized carbons (Fsp3) is 0.267. The molecule has 0 saturated heterocycles. The number of amides is 1. The van der Waals surface area contributed by atoms with Gasteiger partial charge in [-0.15, -0.1) is 11.8 Å². The molecule has 1 unspecified atom stereocenters. The van der Waals surface area contributed by atoms with Gasteiger partial charge in [0.2, 0.25) is 0 Å². The van der Waals surface area contributed by atoms with E-state index in [-0.39, 0.29) is 17.6 Å². The van der Waals surface area contributed by atoms with Crippen molar-refractivity contribution >= 4 is 23.4 Å². The quantitative estimate of drug-likeness (QED) is 0.697. The van der Waals surface area contributed by atoms with E-state index >= 15 is 0 Å². The maximum absolute atomic E-state index is 12.4. The number of nitro groups is 1. The molecule has 1 aliphatic rings. The Bertz CT molecular complexity index is 741. The predicted molar refractivity (Wildman–Crippen MR) is 84.1 cm³/mol. The maximum Gasteiger partial charge on any atom is 0.287 e. The summed E-state index contributed by atoms with van der Waals surface area (Å²) >= 11 is 1.78. The fourth-order valence-corrected chi connectivity index (χ4v) is 3.72. The number of fused-ring (bicyclic) bond motifs is 1. The molecule has 0 saturated carbocycles. The Morgan fingerprint density at radius 2 is 2.23 bits per heavy atom. The van der Waals surface area contributed by atoms with E-state index in [1.165, 1.54) is 21.7 Å². The number of aryl methyl sites for hydroxylation is 1. The maximum atomic E-state index is 12.4. The lowest BCUT2D eigenvalue weighted by Crippen LogP contribution is -2.31. The molecule has 1 aromatic heterocycles. The van der Waals surface area contributed by atoms with Crippen molar-refractivity contribution in [3.8, 4) is 0 Å². The molecule has 1 atom stereocenters. The van der Waals surface area contributed by atoms with Gasteiger partial charge in [-0.3, -0.25) is 14.9 Å². The highest BCUT2D eigenvalue weighted by molar-refractivity contribution is 7.99. The Kier molecular flexibility index (Phi) is 3.89. The fourth-order valence-electron chi connectivity index (χ4n) is 2.60. The second kappa shape index (κ2) is 5.84. The van der Waals surface area contributed by atoms with Gasteiger partial charge < -0.3 is 9.88 Å². The van der Waals surface area contributed by atoms with E-state index in [0.29, 0.717) is 5.69 Å². The molecule has 1 aliphatic heterocycles. The number of aromatic nitrogens is 1. The van der Waals surface area contributed by atoms with Gasteiger partial charge in [0.15, 0.2) is 0 Å². The topological polar surface area (TPSA) is 77.2 Å². The van der Waals surface area contributed by atoms with Crippen LogP contribution in [0.5, 0.6) is 0 Å². The van der Waals surface area contributed by atoms with Crippen LogP contribution in [-0.4, -0.2) is 21.2 Å². The van der Waals surface area contributed by atoms with Gasteiger partial charge in [-0.2, -0.15) is 0 Å². The summed E-state index contributed by atoms with van der Waals surface area (Å²) in [5, 5.41) is 13.8. The molecule has 7 heteroatoms. The second-order valence-electron chi connectivity index (χ2n) is 5.15. The Morgan fingerprint density at radius 3 is 2.95 bits per heavy atom. The lowest BCUT2D eigenvalue weighted by Gasteiger charge is -2.25. The van der Waals surface area contributed by atoms with E-state index in [9.17, 15) is 14.9 Å². The number of carbonyl (C=O) groups excluding carboxylic acids is 1. The highest BCUT2D eigenvalue weighted by Crippen LogP contribution is 2.36. The summed E-state index contributed by atoms with van der Waals surface area (Å²) in [6.07, 6.45) is 2.19. The number of carbonyl (C=O) groups is 1. The van der Waals surface area contributed by atoms with Crippen LogP contribution in [0.1, 0.15) is 28.5 Å². The van der Waals surface area contributed by atoms with Crippen LogP contribution in [0, 0.1) is 10.1 Å². The van der Waals surface area contributed by atoms with E-state index in [0.717, 1.165) is 17.7 Å². The first kappa shape index (κ1) is 14.6. The number of nitrogens with zero attached hydrogens (tertiary/aromatic N) is 2. The Hall–Kier alpha value is -2.28. The molecule has 2 aromatic rings. The zero-order chi connectivity index (χ0) is 15.7. The van der Waals surface area contributed by atoms with Crippen LogP contribution < -0.4 is 5.32 Å². The van der Waals surface area contributed by atoms with E-state index in [1.54, 1.807) is 18.8 Å². The average Bonchev–Trinajstić information content (AvgIpc) is 2.90. The van der Waals surface area contributed by atoms with Crippen LogP contribution in [-0.2, 0) is 7.05 Å². The van der Waals surface area contributed by atoms with Gasteiger partial charge in [0, 0.05) is 23.8 Å². The minimum atomic E-state index is -0.497. The summed E-state index contributed by atoms with van der Waals surface area (Å²) in [7, 11) is 1.63. The molecule has 2 heterocycles. The van der Waals surface area contributed by atoms with Crippen molar-refractivity contribution < 1.29 is 9.72 Å².